The number of aromatic nitrogens is 2. The van der Waals surface area contributed by atoms with Gasteiger partial charge in [0.1, 0.15) is 5.78 Å². The number of hydrogen-bond acceptors (Lipinski definition) is 2. The van der Waals surface area contributed by atoms with Crippen LogP contribution in [0.1, 0.15) is 57.8 Å². The maximum atomic E-state index is 12.6. The third-order valence-corrected chi connectivity index (χ3v) is 4.84. The zero-order valence-electron chi connectivity index (χ0n) is 12.1. The Hall–Kier alpha value is -0.830. The average Bonchev–Trinajstić information content (AvgIpc) is 2.96. The quantitative estimate of drug-likeness (QED) is 0.823. The molecule has 0 aliphatic heterocycles. The van der Waals surface area contributed by atoms with Gasteiger partial charge < -0.3 is 0 Å². The summed E-state index contributed by atoms with van der Waals surface area (Å²) in [6.07, 6.45) is 5.61. The lowest BCUT2D eigenvalue weighted by molar-refractivity contribution is -0.127. The second-order valence-corrected chi connectivity index (χ2v) is 6.12. The van der Waals surface area contributed by atoms with Gasteiger partial charge in [-0.15, -0.1) is 0 Å². The summed E-state index contributed by atoms with van der Waals surface area (Å²) in [4.78, 5) is 12.6. The highest BCUT2D eigenvalue weighted by Gasteiger charge is 2.36. The van der Waals surface area contributed by atoms with Crippen molar-refractivity contribution in [1.82, 2.24) is 9.78 Å². The first-order chi connectivity index (χ1) is 9.01. The van der Waals surface area contributed by atoms with Gasteiger partial charge in [0.05, 0.1) is 22.8 Å². The molecule has 0 amide bonds. The molecule has 0 bridgehead atoms. The van der Waals surface area contributed by atoms with Crippen molar-refractivity contribution >= 4 is 17.4 Å². The molecule has 1 aliphatic rings. The number of aryl methyl sites for hydroxylation is 2. The molecule has 1 aromatic rings. The number of ketones is 1. The van der Waals surface area contributed by atoms with E-state index in [-0.39, 0.29) is 5.41 Å². The zero-order valence-corrected chi connectivity index (χ0v) is 12.9. The van der Waals surface area contributed by atoms with Crippen LogP contribution in [-0.4, -0.2) is 15.6 Å². The Labute approximate surface area is 120 Å². The smallest absolute Gasteiger partial charge is 0.144 e. The van der Waals surface area contributed by atoms with Gasteiger partial charge in [-0.2, -0.15) is 5.10 Å². The van der Waals surface area contributed by atoms with Crippen molar-refractivity contribution < 1.29 is 4.79 Å². The van der Waals surface area contributed by atoms with Crippen molar-refractivity contribution in [1.29, 1.82) is 0 Å². The molecule has 0 radical (unpaired) electrons. The summed E-state index contributed by atoms with van der Waals surface area (Å²) < 4.78 is 1.89. The molecule has 1 heterocycles. The van der Waals surface area contributed by atoms with Gasteiger partial charge in [-0.25, -0.2) is 0 Å². The molecule has 0 unspecified atom stereocenters. The van der Waals surface area contributed by atoms with Crippen LogP contribution in [-0.2, 0) is 24.2 Å². The van der Waals surface area contributed by atoms with Crippen LogP contribution in [0.4, 0.5) is 0 Å². The van der Waals surface area contributed by atoms with E-state index < -0.39 is 0 Å². The summed E-state index contributed by atoms with van der Waals surface area (Å²) in [5, 5.41) is 5.18. The van der Waals surface area contributed by atoms with E-state index in [1.807, 2.05) is 18.5 Å². The first-order valence-electron chi connectivity index (χ1n) is 7.29. The van der Waals surface area contributed by atoms with Crippen LogP contribution in [0, 0.1) is 5.41 Å². The van der Waals surface area contributed by atoms with Crippen LogP contribution in [0.15, 0.2) is 0 Å². The Morgan fingerprint density at radius 1 is 1.37 bits per heavy atom. The van der Waals surface area contributed by atoms with E-state index in [0.29, 0.717) is 17.2 Å². The lowest BCUT2D eigenvalue weighted by Gasteiger charge is -2.21. The molecular weight excluding hydrogens is 260 g/mol. The van der Waals surface area contributed by atoms with Gasteiger partial charge in [-0.3, -0.25) is 9.48 Å². The van der Waals surface area contributed by atoms with Gasteiger partial charge in [0.15, 0.2) is 0 Å². The van der Waals surface area contributed by atoms with Crippen molar-refractivity contribution in [3.8, 4) is 0 Å². The minimum atomic E-state index is -0.140. The molecule has 1 aliphatic carbocycles. The lowest BCUT2D eigenvalue weighted by Crippen LogP contribution is -2.27. The molecule has 0 aromatic carbocycles. The minimum absolute atomic E-state index is 0.140. The van der Waals surface area contributed by atoms with Crippen LogP contribution < -0.4 is 0 Å². The average molecular weight is 283 g/mol. The van der Waals surface area contributed by atoms with E-state index in [0.717, 1.165) is 37.2 Å². The molecule has 1 fully saturated rings. The summed E-state index contributed by atoms with van der Waals surface area (Å²) in [5.74, 6) is 0.323. The van der Waals surface area contributed by atoms with Crippen molar-refractivity contribution in [2.75, 3.05) is 0 Å². The number of halogens is 1. The Morgan fingerprint density at radius 3 is 2.53 bits per heavy atom. The van der Waals surface area contributed by atoms with Crippen LogP contribution >= 0.6 is 11.6 Å². The summed E-state index contributed by atoms with van der Waals surface area (Å²) >= 11 is 6.37. The number of rotatable bonds is 5. The fourth-order valence-corrected chi connectivity index (χ4v) is 3.32. The van der Waals surface area contributed by atoms with E-state index in [2.05, 4.69) is 12.0 Å². The highest BCUT2D eigenvalue weighted by atomic mass is 35.5. The molecule has 1 aromatic heterocycles. The van der Waals surface area contributed by atoms with Gasteiger partial charge in [0.25, 0.3) is 0 Å². The monoisotopic (exact) mass is 282 g/mol. The maximum Gasteiger partial charge on any atom is 0.144 e. The van der Waals surface area contributed by atoms with E-state index in [1.165, 1.54) is 12.8 Å². The van der Waals surface area contributed by atoms with Gasteiger partial charge in [-0.05, 0) is 26.2 Å². The first-order valence-corrected chi connectivity index (χ1v) is 7.67. The van der Waals surface area contributed by atoms with Crippen LogP contribution in [0.3, 0.4) is 0 Å². The molecule has 2 rings (SSSR count). The fraction of sp³-hybridized carbons (Fsp3) is 0.733. The number of hydrogen-bond donors (Lipinski definition) is 0. The standard InChI is InChI=1S/C15H23ClN2O/c1-4-11-14(16)12(18(5-2)17-11)10-13(19)15(3)8-6-7-9-15/h4-10H2,1-3H3. The summed E-state index contributed by atoms with van der Waals surface area (Å²) in [7, 11) is 0. The van der Waals surface area contributed by atoms with Crippen LogP contribution in [0.25, 0.3) is 0 Å². The highest BCUT2D eigenvalue weighted by molar-refractivity contribution is 6.32. The van der Waals surface area contributed by atoms with E-state index in [4.69, 9.17) is 11.6 Å². The highest BCUT2D eigenvalue weighted by Crippen LogP contribution is 2.39. The largest absolute Gasteiger partial charge is 0.299 e. The molecule has 0 spiro atoms. The Morgan fingerprint density at radius 2 is 2.00 bits per heavy atom. The fourth-order valence-electron chi connectivity index (χ4n) is 2.99. The van der Waals surface area contributed by atoms with Gasteiger partial charge in [0.2, 0.25) is 0 Å². The Bertz CT molecular complexity index is 473. The number of carbonyl (C=O) groups excluding carboxylic acids is 1. The third kappa shape index (κ3) is 2.71. The van der Waals surface area contributed by atoms with Crippen LogP contribution in [0.5, 0.6) is 0 Å². The summed E-state index contributed by atoms with van der Waals surface area (Å²) in [6, 6.07) is 0. The van der Waals surface area contributed by atoms with E-state index >= 15 is 0 Å². The summed E-state index contributed by atoms with van der Waals surface area (Å²) in [5.41, 5.74) is 1.67. The Kier molecular flexibility index (Phi) is 4.34. The maximum absolute atomic E-state index is 12.6. The summed E-state index contributed by atoms with van der Waals surface area (Å²) in [6.45, 7) is 6.94. The predicted octanol–water partition coefficient (Wildman–Crippen LogP) is 3.81. The van der Waals surface area contributed by atoms with Crippen molar-refractivity contribution in [3.63, 3.8) is 0 Å². The first kappa shape index (κ1) is 14.6. The van der Waals surface area contributed by atoms with E-state index in [9.17, 15) is 4.79 Å². The number of Topliss-reactive ketones (excluding diaryl/α,β-unsaturated/α-hetero) is 1. The molecule has 19 heavy (non-hydrogen) atoms. The minimum Gasteiger partial charge on any atom is -0.299 e. The number of nitrogens with zero attached hydrogens (tertiary/aromatic N) is 2. The second-order valence-electron chi connectivity index (χ2n) is 5.74. The molecule has 0 N–H and O–H groups in total. The lowest BCUT2D eigenvalue weighted by atomic mass is 9.82. The van der Waals surface area contributed by atoms with Crippen molar-refractivity contribution in [2.24, 2.45) is 5.41 Å². The number of carbonyl (C=O) groups is 1. The van der Waals surface area contributed by atoms with Crippen molar-refractivity contribution in [2.45, 2.75) is 65.8 Å². The molecular formula is C15H23ClN2O. The van der Waals surface area contributed by atoms with Crippen molar-refractivity contribution in [3.05, 3.63) is 16.4 Å². The molecule has 3 nitrogen and oxygen atoms in total. The third-order valence-electron chi connectivity index (χ3n) is 4.40. The molecule has 106 valence electrons. The molecule has 4 heteroatoms. The van der Waals surface area contributed by atoms with Gasteiger partial charge in [-0.1, -0.05) is 38.3 Å². The normalized spacial score (nSPS) is 17.9. The molecule has 0 saturated heterocycles. The van der Waals surface area contributed by atoms with Crippen LogP contribution in [0.2, 0.25) is 5.02 Å². The predicted molar refractivity (Wildman–Crippen MR) is 77.6 cm³/mol. The Balaban J connectivity index is 2.23. The molecule has 1 saturated carbocycles. The molecule has 0 atom stereocenters. The van der Waals surface area contributed by atoms with Gasteiger partial charge >= 0.3 is 0 Å². The zero-order chi connectivity index (χ0) is 14.0. The van der Waals surface area contributed by atoms with Gasteiger partial charge in [0, 0.05) is 12.0 Å². The van der Waals surface area contributed by atoms with E-state index in [1.54, 1.807) is 0 Å². The second kappa shape index (κ2) is 5.66. The topological polar surface area (TPSA) is 34.9 Å². The SMILES string of the molecule is CCc1nn(CC)c(CC(=O)C2(C)CCCC2)c1Cl.